The molecule has 1 atom stereocenters. The fourth-order valence-corrected chi connectivity index (χ4v) is 4.24. The number of aryl methyl sites for hydroxylation is 1. The van der Waals surface area contributed by atoms with Gasteiger partial charge in [-0.1, -0.05) is 59.2 Å². The minimum Gasteiger partial charge on any atom is -0.507 e. The van der Waals surface area contributed by atoms with E-state index in [0.717, 1.165) is 19.3 Å². The maximum Gasteiger partial charge on any atom is 0.380 e. The monoisotopic (exact) mass is 339 g/mol. The van der Waals surface area contributed by atoms with Crippen molar-refractivity contribution in [3.8, 4) is 11.5 Å². The molecule has 4 heteroatoms. The number of rotatable bonds is 6. The zero-order valence-electron chi connectivity index (χ0n) is 13.4. The highest BCUT2D eigenvalue weighted by molar-refractivity contribution is 7.53. The number of phenolic OH excluding ortho intramolecular Hbond substituents is 2. The van der Waals surface area contributed by atoms with Crippen molar-refractivity contribution in [1.29, 1.82) is 0 Å². The van der Waals surface area contributed by atoms with Crippen molar-refractivity contribution in [3.05, 3.63) is 66.2 Å². The SMILES string of the molecule is O=[P+](CCCCc1ccccc1)c1cc(O)c2ccccc2c1O. The molecule has 2 N–H and O–H groups in total. The lowest BCUT2D eigenvalue weighted by Gasteiger charge is -2.04. The molecule has 3 nitrogen and oxygen atoms in total. The predicted molar refractivity (Wildman–Crippen MR) is 98.8 cm³/mol. The molecule has 0 aliphatic heterocycles. The zero-order valence-corrected chi connectivity index (χ0v) is 14.2. The fourth-order valence-electron chi connectivity index (χ4n) is 2.87. The summed E-state index contributed by atoms with van der Waals surface area (Å²) in [7, 11) is -1.73. The summed E-state index contributed by atoms with van der Waals surface area (Å²) in [5.74, 6) is 0.0820. The van der Waals surface area contributed by atoms with E-state index in [0.29, 0.717) is 22.2 Å². The standard InChI is InChI=1S/C20H19O3P/c21-18-14-19(20(22)17-12-5-4-11-16(17)18)24(23)13-7-6-10-15-8-2-1-3-9-15/h1-5,8-9,11-12,14H,6-7,10,13H2,(H-,21,22,23)/p+1. The van der Waals surface area contributed by atoms with Crippen LogP contribution in [0.3, 0.4) is 0 Å². The molecule has 0 aliphatic carbocycles. The number of benzene rings is 3. The van der Waals surface area contributed by atoms with Gasteiger partial charge in [-0.3, -0.25) is 0 Å². The van der Waals surface area contributed by atoms with Crippen LogP contribution < -0.4 is 5.30 Å². The van der Waals surface area contributed by atoms with Gasteiger partial charge >= 0.3 is 7.80 Å². The molecule has 0 aliphatic rings. The first-order chi connectivity index (χ1) is 11.7. The van der Waals surface area contributed by atoms with Crippen LogP contribution in [0.15, 0.2) is 60.7 Å². The quantitative estimate of drug-likeness (QED) is 0.388. The molecule has 3 aromatic rings. The van der Waals surface area contributed by atoms with E-state index in [1.807, 2.05) is 18.2 Å². The third-order valence-electron chi connectivity index (χ3n) is 4.16. The van der Waals surface area contributed by atoms with Crippen molar-refractivity contribution in [3.63, 3.8) is 0 Å². The first-order valence-electron chi connectivity index (χ1n) is 8.09. The second-order valence-corrected chi connectivity index (χ2v) is 7.54. The van der Waals surface area contributed by atoms with Crippen LogP contribution in [0.4, 0.5) is 0 Å². The Balaban J connectivity index is 1.67. The van der Waals surface area contributed by atoms with Gasteiger partial charge in [0.05, 0.1) is 0 Å². The van der Waals surface area contributed by atoms with Crippen LogP contribution in [0.5, 0.6) is 11.5 Å². The molecule has 0 heterocycles. The molecular formula is C20H20O3P+. The van der Waals surface area contributed by atoms with Gasteiger partial charge in [-0.25, -0.2) is 0 Å². The molecule has 3 aromatic carbocycles. The summed E-state index contributed by atoms with van der Waals surface area (Å²) < 4.78 is 12.5. The molecule has 3 rings (SSSR count). The van der Waals surface area contributed by atoms with Gasteiger partial charge in [-0.2, -0.15) is 0 Å². The van der Waals surface area contributed by atoms with Gasteiger partial charge in [0, 0.05) is 16.8 Å². The van der Waals surface area contributed by atoms with E-state index in [-0.39, 0.29) is 11.5 Å². The Bertz CT molecular complexity index is 859. The highest BCUT2D eigenvalue weighted by Gasteiger charge is 2.26. The maximum absolute atomic E-state index is 12.5. The molecule has 0 saturated carbocycles. The number of unbranched alkanes of at least 4 members (excludes halogenated alkanes) is 1. The first kappa shape index (κ1) is 16.5. The number of hydrogen-bond acceptors (Lipinski definition) is 3. The molecule has 0 spiro atoms. The summed E-state index contributed by atoms with van der Waals surface area (Å²) in [5, 5.41) is 22.0. The lowest BCUT2D eigenvalue weighted by molar-refractivity contribution is 0.472. The van der Waals surface area contributed by atoms with Crippen molar-refractivity contribution in [1.82, 2.24) is 0 Å². The van der Waals surface area contributed by atoms with E-state index in [1.165, 1.54) is 11.6 Å². The third kappa shape index (κ3) is 3.58. The summed E-state index contributed by atoms with van der Waals surface area (Å²) >= 11 is 0. The van der Waals surface area contributed by atoms with Crippen molar-refractivity contribution < 1.29 is 14.8 Å². The normalized spacial score (nSPS) is 11.6. The molecule has 0 fully saturated rings. The highest BCUT2D eigenvalue weighted by Crippen LogP contribution is 2.36. The summed E-state index contributed by atoms with van der Waals surface area (Å²) in [4.78, 5) is 0. The lowest BCUT2D eigenvalue weighted by Crippen LogP contribution is -2.01. The van der Waals surface area contributed by atoms with Crippen LogP contribution in [0, 0.1) is 0 Å². The fraction of sp³-hybridized carbons (Fsp3) is 0.200. The largest absolute Gasteiger partial charge is 0.507 e. The van der Waals surface area contributed by atoms with Crippen molar-refractivity contribution >= 4 is 23.9 Å². The van der Waals surface area contributed by atoms with Crippen molar-refractivity contribution in [2.75, 3.05) is 6.16 Å². The molecular weight excluding hydrogens is 319 g/mol. The molecule has 1 unspecified atom stereocenters. The van der Waals surface area contributed by atoms with Gasteiger partial charge in [0.2, 0.25) is 5.30 Å². The van der Waals surface area contributed by atoms with E-state index in [1.54, 1.807) is 24.3 Å². The smallest absolute Gasteiger partial charge is 0.380 e. The number of hydrogen-bond donors (Lipinski definition) is 2. The first-order valence-corrected chi connectivity index (χ1v) is 9.53. The summed E-state index contributed by atoms with van der Waals surface area (Å²) in [6.45, 7) is 0. The molecule has 24 heavy (non-hydrogen) atoms. The van der Waals surface area contributed by atoms with Gasteiger partial charge in [-0.05, 0) is 24.8 Å². The average molecular weight is 339 g/mol. The number of fused-ring (bicyclic) bond motifs is 1. The Morgan fingerprint density at radius 3 is 2.25 bits per heavy atom. The van der Waals surface area contributed by atoms with E-state index in [4.69, 9.17) is 0 Å². The maximum atomic E-state index is 12.5. The van der Waals surface area contributed by atoms with Gasteiger partial charge in [0.15, 0.2) is 11.9 Å². The van der Waals surface area contributed by atoms with Gasteiger partial charge < -0.3 is 10.2 Å². The summed E-state index contributed by atoms with van der Waals surface area (Å²) in [6.07, 6.45) is 3.23. The van der Waals surface area contributed by atoms with E-state index in [9.17, 15) is 14.8 Å². The van der Waals surface area contributed by atoms with Crippen LogP contribution in [0.1, 0.15) is 18.4 Å². The molecule has 0 radical (unpaired) electrons. The van der Waals surface area contributed by atoms with Crippen LogP contribution in [-0.2, 0) is 11.0 Å². The van der Waals surface area contributed by atoms with Crippen LogP contribution in [0.2, 0.25) is 0 Å². The predicted octanol–water partition coefficient (Wildman–Crippen LogP) is 4.73. The Morgan fingerprint density at radius 2 is 1.50 bits per heavy atom. The summed E-state index contributed by atoms with van der Waals surface area (Å²) in [6, 6.07) is 18.7. The minimum atomic E-state index is -1.73. The molecule has 0 bridgehead atoms. The number of phenols is 2. The van der Waals surface area contributed by atoms with E-state index in [2.05, 4.69) is 12.1 Å². The number of aromatic hydroxyl groups is 2. The van der Waals surface area contributed by atoms with Crippen LogP contribution >= 0.6 is 7.80 Å². The molecule has 122 valence electrons. The Hall–Kier alpha value is -2.38. The highest BCUT2D eigenvalue weighted by atomic mass is 31.1. The second-order valence-electron chi connectivity index (χ2n) is 5.85. The Morgan fingerprint density at radius 1 is 0.833 bits per heavy atom. The Kier molecular flexibility index (Phi) is 5.12. The van der Waals surface area contributed by atoms with Gasteiger partial charge in [-0.15, -0.1) is 0 Å². The van der Waals surface area contributed by atoms with Crippen LogP contribution in [0.25, 0.3) is 10.8 Å². The zero-order chi connectivity index (χ0) is 16.9. The molecule has 0 saturated heterocycles. The second kappa shape index (κ2) is 7.46. The van der Waals surface area contributed by atoms with Crippen molar-refractivity contribution in [2.24, 2.45) is 0 Å². The van der Waals surface area contributed by atoms with Gasteiger partial charge in [0.1, 0.15) is 5.75 Å². The van der Waals surface area contributed by atoms with E-state index < -0.39 is 7.80 Å². The minimum absolute atomic E-state index is 0.0209. The molecule has 0 amide bonds. The van der Waals surface area contributed by atoms with Crippen molar-refractivity contribution in [2.45, 2.75) is 19.3 Å². The van der Waals surface area contributed by atoms with Gasteiger partial charge in [0.25, 0.3) is 0 Å². The average Bonchev–Trinajstić information content (AvgIpc) is 2.62. The third-order valence-corrected chi connectivity index (χ3v) is 5.76. The summed E-state index contributed by atoms with van der Waals surface area (Å²) in [5.41, 5.74) is 1.28. The Labute approximate surface area is 142 Å². The van der Waals surface area contributed by atoms with E-state index >= 15 is 0 Å². The molecule has 0 aromatic heterocycles. The topological polar surface area (TPSA) is 57.5 Å². The lowest BCUT2D eigenvalue weighted by atomic mass is 10.1. The van der Waals surface area contributed by atoms with Crippen LogP contribution in [-0.4, -0.2) is 16.4 Å².